The Morgan fingerprint density at radius 3 is 2.24 bits per heavy atom. The summed E-state index contributed by atoms with van der Waals surface area (Å²) in [5, 5.41) is 2.72. The van der Waals surface area contributed by atoms with E-state index in [-0.39, 0.29) is 0 Å². The molecule has 21 heavy (non-hydrogen) atoms. The van der Waals surface area contributed by atoms with Gasteiger partial charge in [-0.25, -0.2) is 18.6 Å². The van der Waals surface area contributed by atoms with Gasteiger partial charge in [-0.3, -0.25) is 4.90 Å². The molecule has 2 aromatic rings. The van der Waals surface area contributed by atoms with Crippen molar-refractivity contribution in [3.63, 3.8) is 0 Å². The number of nitrogens with one attached hydrogen (secondary N) is 1. The van der Waals surface area contributed by atoms with Gasteiger partial charge < -0.3 is 4.90 Å². The van der Waals surface area contributed by atoms with Gasteiger partial charge in [0.1, 0.15) is 5.69 Å². The first kappa shape index (κ1) is 16.0. The number of nitrogens with zero attached hydrogens (tertiary/aromatic N) is 1. The first-order valence-corrected chi connectivity index (χ1v) is 7.63. The summed E-state index contributed by atoms with van der Waals surface area (Å²) in [6, 6.07) is 13.1. The summed E-state index contributed by atoms with van der Waals surface area (Å²) >= 11 is 0. The molecule has 2 atom stereocenters. The molecule has 0 radical (unpaired) electrons. The molecule has 1 aliphatic rings. The van der Waals surface area contributed by atoms with E-state index in [1.165, 1.54) is 27.0 Å². The van der Waals surface area contributed by atoms with Gasteiger partial charge in [0, 0.05) is 19.4 Å². The van der Waals surface area contributed by atoms with Crippen LogP contribution in [0.4, 0.5) is 11.4 Å². The second-order valence-corrected chi connectivity index (χ2v) is 5.78. The number of hydrogen-bond acceptors (Lipinski definition) is 5. The van der Waals surface area contributed by atoms with Crippen LogP contribution in [0.5, 0.6) is 0 Å². The van der Waals surface area contributed by atoms with Crippen LogP contribution in [-0.4, -0.2) is 20.3 Å². The Bertz CT molecular complexity index is 638. The minimum Gasteiger partial charge on any atom is -0.321 e. The molecule has 1 aliphatic heterocycles. The van der Waals surface area contributed by atoms with Gasteiger partial charge in [-0.2, -0.15) is 0 Å². The lowest BCUT2D eigenvalue weighted by Gasteiger charge is -2.18. The number of fused-ring (bicyclic) bond motifs is 3. The number of hydrogen-bond donors (Lipinski definition) is 1. The van der Waals surface area contributed by atoms with Crippen molar-refractivity contribution in [3.8, 4) is 0 Å². The predicted molar refractivity (Wildman–Crippen MR) is 68.4 cm³/mol. The van der Waals surface area contributed by atoms with Crippen LogP contribution in [0.25, 0.3) is 10.8 Å². The van der Waals surface area contributed by atoms with Crippen LogP contribution in [0.3, 0.4) is 0 Å². The zero-order valence-corrected chi connectivity index (χ0v) is 12.8. The number of rotatable bonds is 0. The standard InChI is InChI=1S/C14H16N2.ClHO4/c1-10-15(2)13-9-8-11-6-4-5-7-12(11)14(13)16(10)3;2-1(3,4)5/h4-10H,1-3H3;(H,2,3,4,5). The SMILES string of the molecule is CC1N(C)c2ccc3ccccc3c2[NH+]1C.[O-][Cl+3]([O-])([O-])[O-]. The maximum Gasteiger partial charge on any atom is 0.164 e. The lowest BCUT2D eigenvalue weighted by molar-refractivity contribution is -2.00. The fraction of sp³-hybridized carbons (Fsp3) is 0.286. The minimum absolute atomic E-state index is 0.515. The molecule has 7 heteroatoms. The number of benzene rings is 2. The monoisotopic (exact) mass is 312 g/mol. The van der Waals surface area contributed by atoms with Gasteiger partial charge in [0.15, 0.2) is 11.9 Å². The molecular weight excluding hydrogens is 296 g/mol. The van der Waals surface area contributed by atoms with Crippen LogP contribution in [0.15, 0.2) is 36.4 Å². The fourth-order valence-electron chi connectivity index (χ4n) is 2.68. The highest BCUT2D eigenvalue weighted by molar-refractivity contribution is 5.97. The predicted octanol–water partition coefficient (Wildman–Crippen LogP) is -2.97. The Hall–Kier alpha value is -1.41. The molecule has 0 amide bonds. The maximum atomic E-state index is 8.49. The van der Waals surface area contributed by atoms with Crippen molar-refractivity contribution in [3.05, 3.63) is 36.4 Å². The van der Waals surface area contributed by atoms with E-state index < -0.39 is 10.2 Å². The molecule has 6 nitrogen and oxygen atoms in total. The first-order valence-electron chi connectivity index (χ1n) is 6.40. The Kier molecular flexibility index (Phi) is 4.38. The highest BCUT2D eigenvalue weighted by atomic mass is 35.7. The summed E-state index contributed by atoms with van der Waals surface area (Å²) in [5.41, 5.74) is 2.80. The summed E-state index contributed by atoms with van der Waals surface area (Å²) in [6.07, 6.45) is 0.515. The Morgan fingerprint density at radius 1 is 1.05 bits per heavy atom. The molecular formula is C14H17ClN2O4. The van der Waals surface area contributed by atoms with Crippen molar-refractivity contribution in [1.82, 2.24) is 0 Å². The van der Waals surface area contributed by atoms with E-state index in [2.05, 4.69) is 62.3 Å². The Morgan fingerprint density at radius 2 is 1.62 bits per heavy atom. The van der Waals surface area contributed by atoms with Crippen LogP contribution in [0.2, 0.25) is 0 Å². The molecule has 0 aliphatic carbocycles. The Labute approximate surface area is 125 Å². The van der Waals surface area contributed by atoms with Gasteiger partial charge >= 0.3 is 0 Å². The average Bonchev–Trinajstić information content (AvgIpc) is 2.62. The van der Waals surface area contributed by atoms with Gasteiger partial charge in [0.05, 0.1) is 7.05 Å². The molecule has 0 saturated heterocycles. The van der Waals surface area contributed by atoms with E-state index in [0.717, 1.165) is 0 Å². The first-order chi connectivity index (χ1) is 9.70. The average molecular weight is 313 g/mol. The summed E-state index contributed by atoms with van der Waals surface area (Å²) < 4.78 is 34.0. The second kappa shape index (κ2) is 5.76. The summed E-state index contributed by atoms with van der Waals surface area (Å²) in [6.45, 7) is 2.27. The van der Waals surface area contributed by atoms with Crippen molar-refractivity contribution in [1.29, 1.82) is 0 Å². The summed E-state index contributed by atoms with van der Waals surface area (Å²) in [7, 11) is -0.520. The molecule has 1 heterocycles. The van der Waals surface area contributed by atoms with Gasteiger partial charge in [-0.05, 0) is 17.5 Å². The third kappa shape index (κ3) is 3.44. The van der Waals surface area contributed by atoms with Crippen molar-refractivity contribution in [2.75, 3.05) is 19.0 Å². The smallest absolute Gasteiger partial charge is 0.164 e. The van der Waals surface area contributed by atoms with E-state index >= 15 is 0 Å². The van der Waals surface area contributed by atoms with Crippen LogP contribution in [0.1, 0.15) is 6.92 Å². The lowest BCUT2D eigenvalue weighted by Crippen LogP contribution is -3.07. The van der Waals surface area contributed by atoms with Crippen LogP contribution in [-0.2, 0) is 0 Å². The van der Waals surface area contributed by atoms with E-state index in [1.54, 1.807) is 0 Å². The van der Waals surface area contributed by atoms with Crippen LogP contribution < -0.4 is 28.4 Å². The van der Waals surface area contributed by atoms with E-state index in [0.29, 0.717) is 6.17 Å². The van der Waals surface area contributed by atoms with Gasteiger partial charge in [-0.15, -0.1) is 10.2 Å². The molecule has 2 aromatic carbocycles. The van der Waals surface area contributed by atoms with Crippen molar-refractivity contribution in [2.24, 2.45) is 0 Å². The molecule has 2 unspecified atom stereocenters. The van der Waals surface area contributed by atoms with Crippen molar-refractivity contribution < 1.29 is 33.8 Å². The van der Waals surface area contributed by atoms with Gasteiger partial charge in [-0.1, -0.05) is 24.3 Å². The van der Waals surface area contributed by atoms with Crippen molar-refractivity contribution >= 4 is 22.1 Å². The van der Waals surface area contributed by atoms with Crippen molar-refractivity contribution in [2.45, 2.75) is 13.1 Å². The van der Waals surface area contributed by atoms with Crippen LogP contribution >= 0.6 is 0 Å². The quantitative estimate of drug-likeness (QED) is 0.560. The zero-order valence-electron chi connectivity index (χ0n) is 12.0. The second-order valence-electron chi connectivity index (χ2n) is 5.03. The zero-order chi connectivity index (χ0) is 15.8. The fourth-order valence-corrected chi connectivity index (χ4v) is 2.68. The topological polar surface area (TPSA) is 99.9 Å². The molecule has 3 rings (SSSR count). The highest BCUT2D eigenvalue weighted by Gasteiger charge is 2.34. The third-order valence-electron chi connectivity index (χ3n) is 3.89. The number of quaternary nitrogens is 1. The maximum absolute atomic E-state index is 8.49. The third-order valence-corrected chi connectivity index (χ3v) is 3.89. The number of anilines is 1. The van der Waals surface area contributed by atoms with Gasteiger partial charge in [0.25, 0.3) is 0 Å². The molecule has 0 spiro atoms. The van der Waals surface area contributed by atoms with Crippen LogP contribution in [0, 0.1) is 10.2 Å². The largest absolute Gasteiger partial charge is 0.321 e. The van der Waals surface area contributed by atoms with Gasteiger partial charge in [0.2, 0.25) is 0 Å². The molecule has 0 bridgehead atoms. The molecule has 0 fully saturated rings. The highest BCUT2D eigenvalue weighted by Crippen LogP contribution is 2.34. The number of halogens is 1. The molecule has 0 aromatic heterocycles. The molecule has 114 valence electrons. The molecule has 1 N–H and O–H groups in total. The normalized spacial score (nSPS) is 21.0. The van der Waals surface area contributed by atoms with E-state index in [4.69, 9.17) is 18.6 Å². The summed E-state index contributed by atoms with van der Waals surface area (Å²) in [4.78, 5) is 3.84. The minimum atomic E-state index is -4.94. The Balaban J connectivity index is 0.000000282. The molecule has 0 saturated carbocycles. The lowest BCUT2D eigenvalue weighted by atomic mass is 10.1. The van der Waals surface area contributed by atoms with E-state index in [9.17, 15) is 0 Å². The summed E-state index contributed by atoms with van der Waals surface area (Å²) in [5.74, 6) is 0. The van der Waals surface area contributed by atoms with E-state index in [1.807, 2.05) is 0 Å².